The smallest absolute Gasteiger partial charge is 0.255 e. The van der Waals surface area contributed by atoms with E-state index in [0.717, 1.165) is 16.9 Å². The Kier molecular flexibility index (Phi) is 3.66. The van der Waals surface area contributed by atoms with E-state index in [1.807, 2.05) is 47.8 Å². The number of nitrogen functional groups attached to an aromatic ring is 1. The van der Waals surface area contributed by atoms with Gasteiger partial charge in [0.25, 0.3) is 5.91 Å². The first kappa shape index (κ1) is 13.3. The standard InChI is InChI=1S/C16H13N3OS/c17-16-19-14(10-21-16)12-8-4-5-9-13(12)18-15(20)11-6-2-1-3-7-11/h1-10H,(H2,17,19)(H,18,20). The summed E-state index contributed by atoms with van der Waals surface area (Å²) in [6.07, 6.45) is 0. The summed E-state index contributed by atoms with van der Waals surface area (Å²) in [5.41, 5.74) is 8.63. The highest BCUT2D eigenvalue weighted by Gasteiger charge is 2.11. The maximum absolute atomic E-state index is 12.2. The van der Waals surface area contributed by atoms with E-state index < -0.39 is 0 Å². The number of nitrogens with two attached hydrogens (primary N) is 1. The molecule has 0 aliphatic carbocycles. The molecular weight excluding hydrogens is 282 g/mol. The Labute approximate surface area is 126 Å². The van der Waals surface area contributed by atoms with Crippen LogP contribution >= 0.6 is 11.3 Å². The lowest BCUT2D eigenvalue weighted by atomic mass is 10.1. The van der Waals surface area contributed by atoms with Crippen molar-refractivity contribution in [2.24, 2.45) is 0 Å². The van der Waals surface area contributed by atoms with Crippen LogP contribution < -0.4 is 11.1 Å². The van der Waals surface area contributed by atoms with E-state index >= 15 is 0 Å². The number of nitrogens with zero attached hydrogens (tertiary/aromatic N) is 1. The predicted molar refractivity (Wildman–Crippen MR) is 86.4 cm³/mol. The first-order valence-electron chi connectivity index (χ1n) is 6.41. The number of hydrogen-bond donors (Lipinski definition) is 2. The van der Waals surface area contributed by atoms with Crippen LogP contribution in [0.5, 0.6) is 0 Å². The van der Waals surface area contributed by atoms with Crippen LogP contribution in [0.4, 0.5) is 10.8 Å². The van der Waals surface area contributed by atoms with Crippen LogP contribution in [0.3, 0.4) is 0 Å². The molecule has 0 atom stereocenters. The summed E-state index contributed by atoms with van der Waals surface area (Å²) in [7, 11) is 0. The molecule has 1 aromatic heterocycles. The van der Waals surface area contributed by atoms with E-state index in [4.69, 9.17) is 5.73 Å². The van der Waals surface area contributed by atoms with E-state index in [2.05, 4.69) is 10.3 Å². The molecule has 0 aliphatic rings. The highest BCUT2D eigenvalue weighted by atomic mass is 32.1. The monoisotopic (exact) mass is 295 g/mol. The highest BCUT2D eigenvalue weighted by Crippen LogP contribution is 2.29. The van der Waals surface area contributed by atoms with Gasteiger partial charge in [-0.05, 0) is 18.2 Å². The van der Waals surface area contributed by atoms with Crippen molar-refractivity contribution in [3.63, 3.8) is 0 Å². The number of carbonyl (C=O) groups excluding carboxylic acids is 1. The lowest BCUT2D eigenvalue weighted by Gasteiger charge is -2.09. The Morgan fingerprint density at radius 3 is 2.48 bits per heavy atom. The van der Waals surface area contributed by atoms with Crippen molar-refractivity contribution in [2.45, 2.75) is 0 Å². The van der Waals surface area contributed by atoms with Crippen LogP contribution in [0, 0.1) is 0 Å². The van der Waals surface area contributed by atoms with Gasteiger partial charge in [0, 0.05) is 16.5 Å². The fourth-order valence-corrected chi connectivity index (χ4v) is 2.57. The molecule has 0 saturated heterocycles. The molecule has 0 bridgehead atoms. The van der Waals surface area contributed by atoms with E-state index in [1.165, 1.54) is 11.3 Å². The zero-order chi connectivity index (χ0) is 14.7. The minimum Gasteiger partial charge on any atom is -0.375 e. The van der Waals surface area contributed by atoms with Crippen LogP contribution in [0.1, 0.15) is 10.4 Å². The summed E-state index contributed by atoms with van der Waals surface area (Å²) in [5, 5.41) is 5.31. The third-order valence-electron chi connectivity index (χ3n) is 3.01. The van der Waals surface area contributed by atoms with Crippen molar-refractivity contribution >= 4 is 28.1 Å². The summed E-state index contributed by atoms with van der Waals surface area (Å²) in [6.45, 7) is 0. The molecule has 0 radical (unpaired) electrons. The van der Waals surface area contributed by atoms with Crippen molar-refractivity contribution in [3.05, 3.63) is 65.5 Å². The topological polar surface area (TPSA) is 68.0 Å². The molecule has 5 heteroatoms. The van der Waals surface area contributed by atoms with Gasteiger partial charge >= 0.3 is 0 Å². The normalized spacial score (nSPS) is 10.3. The van der Waals surface area contributed by atoms with E-state index in [-0.39, 0.29) is 5.91 Å². The number of anilines is 2. The Bertz CT molecular complexity index is 768. The Hall–Kier alpha value is -2.66. The Balaban J connectivity index is 1.91. The SMILES string of the molecule is Nc1nc(-c2ccccc2NC(=O)c2ccccc2)cs1. The van der Waals surface area contributed by atoms with Crippen LogP contribution in [0.25, 0.3) is 11.3 Å². The van der Waals surface area contributed by atoms with Gasteiger partial charge in [-0.15, -0.1) is 11.3 Å². The Morgan fingerprint density at radius 1 is 1.05 bits per heavy atom. The Morgan fingerprint density at radius 2 is 1.76 bits per heavy atom. The molecule has 0 aliphatic heterocycles. The molecule has 3 aromatic rings. The van der Waals surface area contributed by atoms with Gasteiger partial charge < -0.3 is 11.1 Å². The molecule has 1 amide bonds. The maximum atomic E-state index is 12.2. The molecule has 3 rings (SSSR count). The first-order valence-corrected chi connectivity index (χ1v) is 7.29. The number of thiazole rings is 1. The van der Waals surface area contributed by atoms with E-state index in [0.29, 0.717) is 10.7 Å². The van der Waals surface area contributed by atoms with Crippen LogP contribution in [-0.4, -0.2) is 10.9 Å². The predicted octanol–water partition coefficient (Wildman–Crippen LogP) is 3.64. The molecule has 2 aromatic carbocycles. The average Bonchev–Trinajstić information content (AvgIpc) is 2.95. The third-order valence-corrected chi connectivity index (χ3v) is 3.68. The second-order valence-electron chi connectivity index (χ2n) is 4.44. The van der Waals surface area contributed by atoms with Crippen molar-refractivity contribution in [1.82, 2.24) is 4.98 Å². The summed E-state index contributed by atoms with van der Waals surface area (Å²) in [5.74, 6) is -0.147. The molecule has 0 unspecified atom stereocenters. The van der Waals surface area contributed by atoms with Crippen molar-refractivity contribution < 1.29 is 4.79 Å². The fraction of sp³-hybridized carbons (Fsp3) is 0. The van der Waals surface area contributed by atoms with Gasteiger partial charge in [-0.2, -0.15) is 0 Å². The maximum Gasteiger partial charge on any atom is 0.255 e. The van der Waals surface area contributed by atoms with Gasteiger partial charge in [-0.3, -0.25) is 4.79 Å². The van der Waals surface area contributed by atoms with Crippen molar-refractivity contribution in [1.29, 1.82) is 0 Å². The zero-order valence-corrected chi connectivity index (χ0v) is 11.9. The van der Waals surface area contributed by atoms with Crippen molar-refractivity contribution in [2.75, 3.05) is 11.1 Å². The molecule has 0 saturated carbocycles. The molecule has 21 heavy (non-hydrogen) atoms. The summed E-state index contributed by atoms with van der Waals surface area (Å²) >= 11 is 1.38. The number of carbonyl (C=O) groups is 1. The molecule has 104 valence electrons. The van der Waals surface area contributed by atoms with Gasteiger partial charge in [-0.1, -0.05) is 36.4 Å². The van der Waals surface area contributed by atoms with Crippen LogP contribution in [-0.2, 0) is 0 Å². The molecule has 1 heterocycles. The number of amides is 1. The summed E-state index contributed by atoms with van der Waals surface area (Å²) < 4.78 is 0. The zero-order valence-electron chi connectivity index (χ0n) is 11.1. The number of benzene rings is 2. The average molecular weight is 295 g/mol. The van der Waals surface area contributed by atoms with Gasteiger partial charge in [0.05, 0.1) is 11.4 Å². The molecular formula is C16H13N3OS. The van der Waals surface area contributed by atoms with Gasteiger partial charge in [0.1, 0.15) is 0 Å². The number of hydrogen-bond acceptors (Lipinski definition) is 4. The molecule has 4 nitrogen and oxygen atoms in total. The fourth-order valence-electron chi connectivity index (χ4n) is 2.01. The molecule has 0 spiro atoms. The lowest BCUT2D eigenvalue weighted by Crippen LogP contribution is -2.12. The third kappa shape index (κ3) is 2.93. The quantitative estimate of drug-likeness (QED) is 0.775. The van der Waals surface area contributed by atoms with Crippen molar-refractivity contribution in [3.8, 4) is 11.3 Å². The van der Waals surface area contributed by atoms with Gasteiger partial charge in [0.2, 0.25) is 0 Å². The summed E-state index contributed by atoms with van der Waals surface area (Å²) in [6, 6.07) is 16.6. The highest BCUT2D eigenvalue weighted by molar-refractivity contribution is 7.13. The number of para-hydroxylation sites is 1. The van der Waals surface area contributed by atoms with E-state index in [9.17, 15) is 4.79 Å². The van der Waals surface area contributed by atoms with Gasteiger partial charge in [0.15, 0.2) is 5.13 Å². The minimum atomic E-state index is -0.147. The lowest BCUT2D eigenvalue weighted by molar-refractivity contribution is 0.102. The van der Waals surface area contributed by atoms with Crippen LogP contribution in [0.15, 0.2) is 60.0 Å². The van der Waals surface area contributed by atoms with E-state index in [1.54, 1.807) is 12.1 Å². The largest absolute Gasteiger partial charge is 0.375 e. The number of rotatable bonds is 3. The molecule has 3 N–H and O–H groups in total. The number of nitrogens with one attached hydrogen (secondary N) is 1. The molecule has 0 fully saturated rings. The second-order valence-corrected chi connectivity index (χ2v) is 5.33. The summed E-state index contributed by atoms with van der Waals surface area (Å²) in [4.78, 5) is 16.5. The minimum absolute atomic E-state index is 0.147. The second kappa shape index (κ2) is 5.76. The van der Waals surface area contributed by atoms with Gasteiger partial charge in [-0.25, -0.2) is 4.98 Å². The number of aromatic nitrogens is 1. The first-order chi connectivity index (χ1) is 10.2. The van der Waals surface area contributed by atoms with Crippen LogP contribution in [0.2, 0.25) is 0 Å².